The summed E-state index contributed by atoms with van der Waals surface area (Å²) in [6.07, 6.45) is 0. The number of benzene rings is 1. The molecule has 0 aliphatic carbocycles. The molecule has 0 atom stereocenters. The maximum atomic E-state index is 5.45. The van der Waals surface area contributed by atoms with Crippen molar-refractivity contribution in [3.05, 3.63) is 35.5 Å². The van der Waals surface area contributed by atoms with Gasteiger partial charge in [0.2, 0.25) is 0 Å². The van der Waals surface area contributed by atoms with Crippen molar-refractivity contribution in [2.75, 3.05) is 0 Å². The molecule has 2 N–H and O–H groups in total. The van der Waals surface area contributed by atoms with E-state index in [0.717, 1.165) is 10.9 Å². The van der Waals surface area contributed by atoms with Gasteiger partial charge in [0.05, 0.1) is 12.1 Å². The second-order valence-electron chi connectivity index (χ2n) is 3.37. The van der Waals surface area contributed by atoms with Gasteiger partial charge in [-0.3, -0.25) is 0 Å². The van der Waals surface area contributed by atoms with Crippen LogP contribution in [0.1, 0.15) is 5.82 Å². The molecular weight excluding hydrogens is 222 g/mol. The fourth-order valence-electron chi connectivity index (χ4n) is 1.59. The minimum atomic E-state index is 0.297. The Morgan fingerprint density at radius 3 is 3.00 bits per heavy atom. The number of nitrogens with two attached hydrogens (primary N) is 1. The molecule has 1 aromatic carbocycles. The number of hydrogen-bond donors (Lipinski definition) is 1. The van der Waals surface area contributed by atoms with Crippen molar-refractivity contribution in [2.24, 2.45) is 5.73 Å². The highest BCUT2D eigenvalue weighted by Crippen LogP contribution is 2.32. The fourth-order valence-corrected chi connectivity index (χ4v) is 2.52. The molecule has 0 amide bonds. The van der Waals surface area contributed by atoms with Crippen LogP contribution in [0.5, 0.6) is 0 Å². The monoisotopic (exact) mass is 231 g/mol. The van der Waals surface area contributed by atoms with Crippen LogP contribution in [0.2, 0.25) is 0 Å². The molecule has 0 bridgehead atoms. The van der Waals surface area contributed by atoms with E-state index in [1.165, 1.54) is 4.70 Å². The van der Waals surface area contributed by atoms with Crippen molar-refractivity contribution in [2.45, 2.75) is 6.54 Å². The topological polar surface area (TPSA) is 64.9 Å². The molecule has 3 aromatic rings. The van der Waals surface area contributed by atoms with Gasteiger partial charge < -0.3 is 10.3 Å². The van der Waals surface area contributed by atoms with Gasteiger partial charge in [-0.2, -0.15) is 4.98 Å². The molecule has 0 spiro atoms. The Kier molecular flexibility index (Phi) is 2.19. The van der Waals surface area contributed by atoms with Gasteiger partial charge in [-0.05, 0) is 6.07 Å². The van der Waals surface area contributed by atoms with Crippen LogP contribution in [0.3, 0.4) is 0 Å². The molecule has 2 heterocycles. The first-order valence-electron chi connectivity index (χ1n) is 4.88. The lowest BCUT2D eigenvalue weighted by Crippen LogP contribution is -1.97. The molecular formula is C11H9N3OS. The van der Waals surface area contributed by atoms with Gasteiger partial charge in [-0.25, -0.2) is 0 Å². The Labute approximate surface area is 95.7 Å². The zero-order chi connectivity index (χ0) is 11.0. The number of aromatic nitrogens is 2. The third kappa shape index (κ3) is 1.41. The van der Waals surface area contributed by atoms with Gasteiger partial charge in [0.1, 0.15) is 0 Å². The standard InChI is InChI=1S/C11H9N3OS/c12-5-10-13-11(15-14-10)8-6-16-9-4-2-1-3-7(8)9/h1-4,6H,5,12H2. The third-order valence-corrected chi connectivity index (χ3v) is 3.33. The Morgan fingerprint density at radius 1 is 1.31 bits per heavy atom. The van der Waals surface area contributed by atoms with Crippen molar-refractivity contribution in [1.29, 1.82) is 0 Å². The number of thiophene rings is 1. The Hall–Kier alpha value is -1.72. The quantitative estimate of drug-likeness (QED) is 0.735. The molecule has 0 aliphatic heterocycles. The number of fused-ring (bicyclic) bond motifs is 1. The summed E-state index contributed by atoms with van der Waals surface area (Å²) < 4.78 is 6.39. The maximum Gasteiger partial charge on any atom is 0.259 e. The van der Waals surface area contributed by atoms with Gasteiger partial charge in [0.25, 0.3) is 5.89 Å². The summed E-state index contributed by atoms with van der Waals surface area (Å²) in [4.78, 5) is 4.23. The fraction of sp³-hybridized carbons (Fsp3) is 0.0909. The van der Waals surface area contributed by atoms with Crippen molar-refractivity contribution >= 4 is 21.4 Å². The molecule has 2 aromatic heterocycles. The van der Waals surface area contributed by atoms with Crippen LogP contribution in [0, 0.1) is 0 Å². The minimum Gasteiger partial charge on any atom is -0.334 e. The Balaban J connectivity index is 2.18. The van der Waals surface area contributed by atoms with Crippen molar-refractivity contribution < 1.29 is 4.52 Å². The Morgan fingerprint density at radius 2 is 2.19 bits per heavy atom. The summed E-state index contributed by atoms with van der Waals surface area (Å²) in [5.74, 6) is 1.07. The normalized spacial score (nSPS) is 11.1. The molecule has 16 heavy (non-hydrogen) atoms. The lowest BCUT2D eigenvalue weighted by Gasteiger charge is -1.90. The first kappa shape index (κ1) is 9.50. The highest BCUT2D eigenvalue weighted by Gasteiger charge is 2.12. The predicted octanol–water partition coefficient (Wildman–Crippen LogP) is 2.41. The maximum absolute atomic E-state index is 5.45. The van der Waals surface area contributed by atoms with Crippen molar-refractivity contribution in [3.63, 3.8) is 0 Å². The average Bonchev–Trinajstić information content (AvgIpc) is 2.94. The van der Waals surface area contributed by atoms with E-state index >= 15 is 0 Å². The summed E-state index contributed by atoms with van der Waals surface area (Å²) in [6, 6.07) is 8.14. The summed E-state index contributed by atoms with van der Waals surface area (Å²) >= 11 is 1.67. The van der Waals surface area contributed by atoms with Crippen LogP contribution >= 0.6 is 11.3 Å². The van der Waals surface area contributed by atoms with Gasteiger partial charge in [0, 0.05) is 15.5 Å². The zero-order valence-electron chi connectivity index (χ0n) is 8.38. The van der Waals surface area contributed by atoms with E-state index in [0.29, 0.717) is 18.3 Å². The van der Waals surface area contributed by atoms with E-state index < -0.39 is 0 Å². The molecule has 0 fully saturated rings. The van der Waals surface area contributed by atoms with Gasteiger partial charge in [0.15, 0.2) is 5.82 Å². The smallest absolute Gasteiger partial charge is 0.259 e. The lowest BCUT2D eigenvalue weighted by molar-refractivity contribution is 0.423. The molecule has 3 rings (SSSR count). The van der Waals surface area contributed by atoms with Gasteiger partial charge >= 0.3 is 0 Å². The molecule has 5 heteroatoms. The lowest BCUT2D eigenvalue weighted by atomic mass is 10.2. The van der Waals surface area contributed by atoms with Crippen LogP contribution in [0.25, 0.3) is 21.5 Å². The van der Waals surface area contributed by atoms with Gasteiger partial charge in [-0.1, -0.05) is 23.4 Å². The number of nitrogens with zero attached hydrogens (tertiary/aromatic N) is 2. The molecule has 0 radical (unpaired) electrons. The predicted molar refractivity (Wildman–Crippen MR) is 63.0 cm³/mol. The molecule has 80 valence electrons. The highest BCUT2D eigenvalue weighted by atomic mass is 32.1. The van der Waals surface area contributed by atoms with Gasteiger partial charge in [-0.15, -0.1) is 11.3 Å². The summed E-state index contributed by atoms with van der Waals surface area (Å²) in [5.41, 5.74) is 6.43. The average molecular weight is 231 g/mol. The first-order chi connectivity index (χ1) is 7.88. The third-order valence-electron chi connectivity index (χ3n) is 2.36. The molecule has 0 aliphatic rings. The number of rotatable bonds is 2. The van der Waals surface area contributed by atoms with E-state index in [1.54, 1.807) is 11.3 Å². The van der Waals surface area contributed by atoms with E-state index in [1.807, 2.05) is 23.6 Å². The van der Waals surface area contributed by atoms with E-state index in [9.17, 15) is 0 Å². The Bertz CT molecular complexity index is 629. The largest absolute Gasteiger partial charge is 0.334 e. The van der Waals surface area contributed by atoms with Crippen molar-refractivity contribution in [1.82, 2.24) is 10.1 Å². The molecule has 4 nitrogen and oxygen atoms in total. The molecule has 0 unspecified atom stereocenters. The van der Waals surface area contributed by atoms with E-state index in [4.69, 9.17) is 10.3 Å². The molecule has 0 saturated carbocycles. The zero-order valence-corrected chi connectivity index (χ0v) is 9.20. The summed E-state index contributed by atoms with van der Waals surface area (Å²) in [6.45, 7) is 0.297. The van der Waals surface area contributed by atoms with Crippen LogP contribution in [-0.2, 0) is 6.54 Å². The van der Waals surface area contributed by atoms with Crippen LogP contribution in [0.15, 0.2) is 34.2 Å². The molecule has 0 saturated heterocycles. The summed E-state index contributed by atoms with van der Waals surface area (Å²) in [5, 5.41) is 6.96. The second kappa shape index (κ2) is 3.70. The first-order valence-corrected chi connectivity index (χ1v) is 5.75. The number of hydrogen-bond acceptors (Lipinski definition) is 5. The van der Waals surface area contributed by atoms with Crippen LogP contribution in [0.4, 0.5) is 0 Å². The van der Waals surface area contributed by atoms with E-state index in [-0.39, 0.29) is 0 Å². The summed E-state index contributed by atoms with van der Waals surface area (Å²) in [7, 11) is 0. The second-order valence-corrected chi connectivity index (χ2v) is 4.28. The van der Waals surface area contributed by atoms with Crippen molar-refractivity contribution in [3.8, 4) is 11.5 Å². The minimum absolute atomic E-state index is 0.297. The van der Waals surface area contributed by atoms with E-state index in [2.05, 4.69) is 16.2 Å². The SMILES string of the molecule is NCc1noc(-c2csc3ccccc23)n1. The highest BCUT2D eigenvalue weighted by molar-refractivity contribution is 7.17. The van der Waals surface area contributed by atoms with Crippen LogP contribution < -0.4 is 5.73 Å². The van der Waals surface area contributed by atoms with Crippen LogP contribution in [-0.4, -0.2) is 10.1 Å².